The summed E-state index contributed by atoms with van der Waals surface area (Å²) >= 11 is 5.99. The molecule has 5 heterocycles. The van der Waals surface area contributed by atoms with Crippen LogP contribution in [0.15, 0.2) is 279 Å². The Morgan fingerprint density at radius 1 is 0.233 bits per heavy atom. The van der Waals surface area contributed by atoms with E-state index in [1.807, 2.05) is 182 Å². The molecule has 512 valence electrons. The van der Waals surface area contributed by atoms with Gasteiger partial charge in [0, 0.05) is 55.3 Å². The zero-order valence-electron chi connectivity index (χ0n) is 60.2. The molecular weight excluding hydrogens is 1290 g/mol. The van der Waals surface area contributed by atoms with Gasteiger partial charge in [-0.15, -0.1) is 0 Å². The summed E-state index contributed by atoms with van der Waals surface area (Å²) in [4.78, 5) is 42.1. The van der Waals surface area contributed by atoms with Gasteiger partial charge < -0.3 is 18.6 Å². The van der Waals surface area contributed by atoms with E-state index >= 15 is 0 Å². The standard InChI is InChI=1S/C45H34N6.C27H38B2O4.C15H10ClN3/c1-45(2,37-27-23-35(24-28-37)43-48-39(31-15-7-3-8-16-31)46-40(49-43)32-17-9-4-10-18-32)38-29-25-36(26-30-38)44-50-41(33-19-11-5-12-20-33)47-42(51-44)34-21-13-6-14-22-34;1-23(2,19-11-15-21(16-12-19)28-30-24(3,4)25(5,6)31-28)20-13-17-22(18-14-20)29-32-26(7,8)27(9,10)33-29;16-15-18-13(11-7-3-1-4-8-11)17-14(19-15)12-9-5-2-6-10-12/h3-30H,1-2H3;11-18H,1-10H3;1-10H. The molecule has 10 aromatic carbocycles. The molecule has 2 fully saturated rings. The van der Waals surface area contributed by atoms with Crippen molar-refractivity contribution in [3.8, 4) is 91.1 Å². The van der Waals surface area contributed by atoms with Gasteiger partial charge in [0.05, 0.1) is 22.4 Å². The third-order valence-electron chi connectivity index (χ3n) is 20.1. The number of rotatable bonds is 14. The molecule has 0 bridgehead atoms. The summed E-state index contributed by atoms with van der Waals surface area (Å²) in [6.07, 6.45) is 0. The first-order chi connectivity index (χ1) is 49.4. The van der Waals surface area contributed by atoms with E-state index in [-0.39, 0.29) is 52.8 Å². The lowest BCUT2D eigenvalue weighted by Gasteiger charge is -2.32. The second-order valence-corrected chi connectivity index (χ2v) is 29.2. The first-order valence-electron chi connectivity index (χ1n) is 34.8. The van der Waals surface area contributed by atoms with Gasteiger partial charge >= 0.3 is 14.2 Å². The zero-order valence-corrected chi connectivity index (χ0v) is 61.0. The first kappa shape index (κ1) is 70.9. The molecule has 0 radical (unpaired) electrons. The molecule has 2 saturated heterocycles. The summed E-state index contributed by atoms with van der Waals surface area (Å²) in [5, 5.41) is 0.202. The molecule has 13 aromatic rings. The van der Waals surface area contributed by atoms with E-state index in [0.29, 0.717) is 46.6 Å². The fourth-order valence-corrected chi connectivity index (χ4v) is 12.3. The molecule has 0 aliphatic carbocycles. The molecule has 0 amide bonds. The minimum atomic E-state index is -0.341. The highest BCUT2D eigenvalue weighted by atomic mass is 35.5. The highest BCUT2D eigenvalue weighted by molar-refractivity contribution is 6.62. The quantitative estimate of drug-likeness (QED) is 0.0950. The molecule has 0 N–H and O–H groups in total. The minimum Gasteiger partial charge on any atom is -0.399 e. The van der Waals surface area contributed by atoms with Crippen LogP contribution in [0.25, 0.3) is 91.1 Å². The summed E-state index contributed by atoms with van der Waals surface area (Å²) < 4.78 is 24.8. The maximum atomic E-state index is 6.21. The number of halogens is 1. The molecule has 0 unspecified atom stereocenters. The fourth-order valence-electron chi connectivity index (χ4n) is 12.1. The van der Waals surface area contributed by atoms with E-state index in [0.717, 1.165) is 55.4 Å². The van der Waals surface area contributed by atoms with Crippen LogP contribution >= 0.6 is 11.6 Å². The van der Waals surface area contributed by atoms with Crippen LogP contribution in [-0.4, -0.2) is 81.5 Å². The fraction of sp³-hybridized carbons (Fsp3) is 0.207. The molecule has 13 nitrogen and oxygen atoms in total. The number of nitrogens with zero attached hydrogens (tertiary/aromatic N) is 9. The second kappa shape index (κ2) is 29.5. The zero-order chi connectivity index (χ0) is 72.2. The van der Waals surface area contributed by atoms with Crippen molar-refractivity contribution in [1.29, 1.82) is 0 Å². The Kier molecular flexibility index (Phi) is 20.3. The van der Waals surface area contributed by atoms with Gasteiger partial charge in [0.1, 0.15) is 0 Å². The van der Waals surface area contributed by atoms with Crippen LogP contribution in [0.3, 0.4) is 0 Å². The number of hydrogen-bond acceptors (Lipinski definition) is 13. The van der Waals surface area contributed by atoms with E-state index in [2.05, 4.69) is 195 Å². The number of aromatic nitrogens is 9. The van der Waals surface area contributed by atoms with Gasteiger partial charge in [-0.1, -0.05) is 307 Å². The van der Waals surface area contributed by atoms with Crippen molar-refractivity contribution in [2.45, 2.75) is 116 Å². The summed E-state index contributed by atoms with van der Waals surface area (Å²) in [7, 11) is -0.683. The van der Waals surface area contributed by atoms with Gasteiger partial charge in [0.25, 0.3) is 0 Å². The number of hydrogen-bond donors (Lipinski definition) is 0. The van der Waals surface area contributed by atoms with E-state index in [4.69, 9.17) is 60.1 Å². The molecule has 16 heteroatoms. The van der Waals surface area contributed by atoms with Gasteiger partial charge in [-0.2, -0.15) is 9.97 Å². The highest BCUT2D eigenvalue weighted by Gasteiger charge is 2.53. The van der Waals surface area contributed by atoms with Gasteiger partial charge in [-0.3, -0.25) is 0 Å². The monoisotopic (exact) mass is 1370 g/mol. The van der Waals surface area contributed by atoms with Crippen molar-refractivity contribution >= 4 is 36.8 Å². The SMILES string of the molecule is CC(C)(c1ccc(-c2nc(-c3ccccc3)nc(-c3ccccc3)n2)cc1)c1ccc(-c2nc(-c3ccccc3)nc(-c3ccccc3)n2)cc1.CC(C)(c1ccc(B2OC(C)(C)C(C)(C)O2)cc1)c1ccc(B2OC(C)(C)C(C)(C)O2)cc1.Clc1nc(-c2ccccc2)nc(-c2ccccc2)n1. The van der Waals surface area contributed by atoms with Gasteiger partial charge in [0.15, 0.2) is 46.6 Å². The normalized spacial score (nSPS) is 15.0. The smallest absolute Gasteiger partial charge is 0.399 e. The van der Waals surface area contributed by atoms with Crippen molar-refractivity contribution in [1.82, 2.24) is 44.9 Å². The molecule has 3 aromatic heterocycles. The van der Waals surface area contributed by atoms with E-state index < -0.39 is 0 Å². The largest absolute Gasteiger partial charge is 0.494 e. The predicted octanol–water partition coefficient (Wildman–Crippen LogP) is 18.9. The molecule has 2 aliphatic rings. The minimum absolute atomic E-state index is 0.150. The van der Waals surface area contributed by atoms with Crippen LogP contribution in [-0.2, 0) is 29.4 Å². The first-order valence-corrected chi connectivity index (χ1v) is 35.2. The molecule has 0 spiro atoms. The van der Waals surface area contributed by atoms with E-state index in [9.17, 15) is 0 Å². The maximum absolute atomic E-state index is 6.21. The average Bonchev–Trinajstić information content (AvgIpc) is 1.67. The van der Waals surface area contributed by atoms with E-state index in [1.54, 1.807) is 0 Å². The summed E-state index contributed by atoms with van der Waals surface area (Å²) in [5.41, 5.74) is 12.6. The molecule has 103 heavy (non-hydrogen) atoms. The van der Waals surface area contributed by atoms with Crippen LogP contribution in [0.5, 0.6) is 0 Å². The van der Waals surface area contributed by atoms with Crippen molar-refractivity contribution in [3.63, 3.8) is 0 Å². The van der Waals surface area contributed by atoms with Crippen molar-refractivity contribution in [2.24, 2.45) is 0 Å². The third-order valence-corrected chi connectivity index (χ3v) is 20.3. The lowest BCUT2D eigenvalue weighted by molar-refractivity contribution is 0.00578. The highest BCUT2D eigenvalue weighted by Crippen LogP contribution is 2.40. The van der Waals surface area contributed by atoms with Crippen LogP contribution in [0.2, 0.25) is 5.28 Å². The van der Waals surface area contributed by atoms with Crippen LogP contribution in [0.4, 0.5) is 0 Å². The molecule has 0 saturated carbocycles. The summed E-state index contributed by atoms with van der Waals surface area (Å²) in [5.74, 6) is 5.03. The second-order valence-electron chi connectivity index (χ2n) is 28.9. The topological polar surface area (TPSA) is 153 Å². The predicted molar refractivity (Wildman–Crippen MR) is 417 cm³/mol. The Labute approximate surface area is 610 Å². The Hall–Kier alpha value is -10.5. The van der Waals surface area contributed by atoms with Crippen molar-refractivity contribution in [3.05, 3.63) is 307 Å². The molecule has 15 rings (SSSR count). The number of benzene rings is 10. The Balaban J connectivity index is 0.000000154. The lowest BCUT2D eigenvalue weighted by atomic mass is 9.73. The summed E-state index contributed by atoms with van der Waals surface area (Å²) in [6, 6.07) is 93.9. The summed E-state index contributed by atoms with van der Waals surface area (Å²) in [6.45, 7) is 25.6. The van der Waals surface area contributed by atoms with Crippen molar-refractivity contribution in [2.75, 3.05) is 0 Å². The Morgan fingerprint density at radius 2 is 0.398 bits per heavy atom. The average molecular weight is 1370 g/mol. The van der Waals surface area contributed by atoms with Crippen LogP contribution in [0.1, 0.15) is 105 Å². The van der Waals surface area contributed by atoms with Crippen molar-refractivity contribution < 1.29 is 18.6 Å². The lowest BCUT2D eigenvalue weighted by Crippen LogP contribution is -2.41. The maximum Gasteiger partial charge on any atom is 0.494 e. The van der Waals surface area contributed by atoms with Gasteiger partial charge in [-0.05, 0) is 100 Å². The van der Waals surface area contributed by atoms with Gasteiger partial charge in [0.2, 0.25) is 5.28 Å². The Bertz CT molecular complexity index is 4570. The Morgan fingerprint density at radius 3 is 0.592 bits per heavy atom. The van der Waals surface area contributed by atoms with Gasteiger partial charge in [-0.25, -0.2) is 34.9 Å². The van der Waals surface area contributed by atoms with Crippen LogP contribution < -0.4 is 10.9 Å². The molecule has 2 aliphatic heterocycles. The molecular formula is C87H82B2ClN9O4. The third kappa shape index (κ3) is 15.8. The van der Waals surface area contributed by atoms with E-state index in [1.165, 1.54) is 22.3 Å². The molecule has 0 atom stereocenters. The van der Waals surface area contributed by atoms with Crippen LogP contribution in [0, 0.1) is 0 Å².